The number of benzene rings is 2. The number of nitrogens with one attached hydrogen (secondary N) is 1. The van der Waals surface area contributed by atoms with E-state index in [-0.39, 0.29) is 36.6 Å². The maximum Gasteiger partial charge on any atom is 0.321 e. The molecule has 3 atom stereocenters. The Morgan fingerprint density at radius 3 is 2.86 bits per heavy atom. The molecule has 1 aliphatic heterocycles. The summed E-state index contributed by atoms with van der Waals surface area (Å²) in [5, 5.41) is 22.9. The number of likely N-dealkylation sites (N-methyl/N-ethyl adjacent to an activating group) is 1. The summed E-state index contributed by atoms with van der Waals surface area (Å²) in [6.07, 6.45) is 2.28. The zero-order valence-electron chi connectivity index (χ0n) is 21.7. The highest BCUT2D eigenvalue weighted by molar-refractivity contribution is 6.01. The van der Waals surface area contributed by atoms with Gasteiger partial charge in [-0.1, -0.05) is 48.5 Å². The molecule has 1 aromatic heterocycles. The Hall–Kier alpha value is -3.50. The van der Waals surface area contributed by atoms with Crippen LogP contribution in [0.1, 0.15) is 32.4 Å². The number of nitrogens with zero attached hydrogens (tertiary/aromatic N) is 5. The number of anilines is 1. The molecule has 0 saturated carbocycles. The quantitative estimate of drug-likeness (QED) is 0.548. The van der Waals surface area contributed by atoms with E-state index >= 15 is 0 Å². The van der Waals surface area contributed by atoms with Crippen LogP contribution in [0, 0.1) is 5.92 Å². The van der Waals surface area contributed by atoms with Crippen LogP contribution in [-0.2, 0) is 22.7 Å². The third-order valence-electron chi connectivity index (χ3n) is 6.97. The molecule has 0 spiro atoms. The molecule has 3 amide bonds. The topological polar surface area (TPSA) is 113 Å². The van der Waals surface area contributed by atoms with E-state index in [2.05, 4.69) is 15.6 Å². The maximum absolute atomic E-state index is 13.2. The molecular weight excluding hydrogens is 472 g/mol. The Morgan fingerprint density at radius 1 is 1.27 bits per heavy atom. The first-order chi connectivity index (χ1) is 17.9. The number of amides is 3. The van der Waals surface area contributed by atoms with Gasteiger partial charge in [-0.3, -0.25) is 4.79 Å². The van der Waals surface area contributed by atoms with Crippen LogP contribution in [0.4, 0.5) is 10.5 Å². The van der Waals surface area contributed by atoms with Gasteiger partial charge in [0.15, 0.2) is 0 Å². The number of aliphatic hydroxyl groups is 1. The Bertz CT molecular complexity index is 1210. The van der Waals surface area contributed by atoms with Crippen molar-refractivity contribution in [1.82, 2.24) is 24.8 Å². The Kier molecular flexibility index (Phi) is 8.73. The van der Waals surface area contributed by atoms with Gasteiger partial charge < -0.3 is 25.0 Å². The van der Waals surface area contributed by atoms with E-state index in [1.807, 2.05) is 56.3 Å². The van der Waals surface area contributed by atoms with Crippen molar-refractivity contribution in [2.75, 3.05) is 32.1 Å². The summed E-state index contributed by atoms with van der Waals surface area (Å²) in [5.74, 6) is -0.119. The van der Waals surface area contributed by atoms with Crippen molar-refractivity contribution >= 4 is 28.4 Å². The lowest BCUT2D eigenvalue weighted by Crippen LogP contribution is -2.48. The lowest BCUT2D eigenvalue weighted by atomic mass is 10.0. The van der Waals surface area contributed by atoms with Crippen molar-refractivity contribution in [2.24, 2.45) is 5.92 Å². The van der Waals surface area contributed by atoms with E-state index in [4.69, 9.17) is 4.74 Å². The third-order valence-corrected chi connectivity index (χ3v) is 6.97. The number of hydrogen-bond acceptors (Lipinski definition) is 6. The van der Waals surface area contributed by atoms with Crippen LogP contribution in [0.25, 0.3) is 10.8 Å². The normalized spacial score (nSPS) is 20.0. The average Bonchev–Trinajstić information content (AvgIpc) is 3.35. The lowest BCUT2D eigenvalue weighted by Gasteiger charge is -2.35. The van der Waals surface area contributed by atoms with E-state index in [9.17, 15) is 14.7 Å². The molecule has 0 fully saturated rings. The van der Waals surface area contributed by atoms with Crippen LogP contribution in [-0.4, -0.2) is 80.7 Å². The molecule has 1 aliphatic rings. The molecule has 10 heteroatoms. The number of aryl methyl sites for hydroxylation is 1. The van der Waals surface area contributed by atoms with Crippen molar-refractivity contribution in [3.63, 3.8) is 0 Å². The predicted molar refractivity (Wildman–Crippen MR) is 141 cm³/mol. The second-order valence-electron chi connectivity index (χ2n) is 9.79. The maximum atomic E-state index is 13.2. The highest BCUT2D eigenvalue weighted by atomic mass is 16.5. The van der Waals surface area contributed by atoms with Crippen molar-refractivity contribution in [1.29, 1.82) is 0 Å². The van der Waals surface area contributed by atoms with Crippen LogP contribution >= 0.6 is 0 Å². The van der Waals surface area contributed by atoms with Gasteiger partial charge in [-0.05, 0) is 24.8 Å². The van der Waals surface area contributed by atoms with Gasteiger partial charge >= 0.3 is 6.03 Å². The van der Waals surface area contributed by atoms with E-state index in [0.717, 1.165) is 22.2 Å². The number of ether oxygens (including phenoxy) is 1. The van der Waals surface area contributed by atoms with Gasteiger partial charge in [0.2, 0.25) is 5.91 Å². The largest absolute Gasteiger partial charge is 0.394 e. The first-order valence-electron chi connectivity index (χ1n) is 12.8. The number of carbonyl (C=O) groups excluding carboxylic acids is 2. The average molecular weight is 509 g/mol. The number of rotatable bonds is 5. The lowest BCUT2D eigenvalue weighted by molar-refractivity contribution is -0.136. The minimum absolute atomic E-state index is 0.0172. The van der Waals surface area contributed by atoms with Gasteiger partial charge in [-0.15, -0.1) is 5.10 Å². The van der Waals surface area contributed by atoms with Gasteiger partial charge in [0.1, 0.15) is 0 Å². The molecule has 198 valence electrons. The van der Waals surface area contributed by atoms with Gasteiger partial charge in [0.05, 0.1) is 42.9 Å². The third kappa shape index (κ3) is 6.44. The van der Waals surface area contributed by atoms with Crippen LogP contribution < -0.4 is 5.32 Å². The summed E-state index contributed by atoms with van der Waals surface area (Å²) in [7, 11) is 1.73. The van der Waals surface area contributed by atoms with Crippen molar-refractivity contribution in [3.05, 3.63) is 54.4 Å². The molecule has 0 unspecified atom stereocenters. The molecular formula is C27H36N6O4. The number of hydrogen-bond donors (Lipinski definition) is 2. The number of urea groups is 1. The summed E-state index contributed by atoms with van der Waals surface area (Å²) < 4.78 is 8.08. The molecule has 0 saturated heterocycles. The van der Waals surface area contributed by atoms with Crippen LogP contribution in [0.5, 0.6) is 0 Å². The fraction of sp³-hybridized carbons (Fsp3) is 0.481. The molecule has 2 aromatic carbocycles. The summed E-state index contributed by atoms with van der Waals surface area (Å²) >= 11 is 0. The highest BCUT2D eigenvalue weighted by Crippen LogP contribution is 2.24. The number of fused-ring (bicyclic) bond motifs is 2. The second kappa shape index (κ2) is 12.2. The monoisotopic (exact) mass is 508 g/mol. The van der Waals surface area contributed by atoms with Crippen molar-refractivity contribution in [2.45, 2.75) is 52.0 Å². The molecule has 0 radical (unpaired) electrons. The van der Waals surface area contributed by atoms with E-state index < -0.39 is 0 Å². The first-order valence-corrected chi connectivity index (χ1v) is 12.8. The Balaban J connectivity index is 1.52. The van der Waals surface area contributed by atoms with E-state index in [1.165, 1.54) is 0 Å². The van der Waals surface area contributed by atoms with Crippen LogP contribution in [0.2, 0.25) is 0 Å². The fourth-order valence-electron chi connectivity index (χ4n) is 4.64. The number of aliphatic hydroxyl groups excluding tert-OH is 1. The van der Waals surface area contributed by atoms with Crippen LogP contribution in [0.15, 0.2) is 48.7 Å². The van der Waals surface area contributed by atoms with E-state index in [0.29, 0.717) is 39.1 Å². The molecule has 0 aliphatic carbocycles. The summed E-state index contributed by atoms with van der Waals surface area (Å²) in [5.41, 5.74) is 1.57. The Labute approximate surface area is 217 Å². The number of aromatic nitrogens is 3. The van der Waals surface area contributed by atoms with Gasteiger partial charge in [0, 0.05) is 44.4 Å². The molecule has 3 aromatic rings. The van der Waals surface area contributed by atoms with Crippen LogP contribution in [0.3, 0.4) is 0 Å². The standard InChI is InChI=1S/C27H36N6O4/c1-19-15-32(20(2)17-34)26(35)12-7-13-33-22(14-28-30-33)18-37-25(19)16-31(3)27(36)29-24-11-6-9-21-8-4-5-10-23(21)24/h4-6,8-11,14,19-20,25,34H,7,12-13,15-18H2,1-3H3,(H,29,36)/t19-,20-,25+/m1/s1. The predicted octanol–water partition coefficient (Wildman–Crippen LogP) is 3.12. The Morgan fingerprint density at radius 2 is 2.05 bits per heavy atom. The zero-order chi connectivity index (χ0) is 26.4. The summed E-state index contributed by atoms with van der Waals surface area (Å²) in [6.45, 7) is 5.31. The van der Waals surface area contributed by atoms with Crippen molar-refractivity contribution < 1.29 is 19.4 Å². The summed E-state index contributed by atoms with van der Waals surface area (Å²) in [6, 6.07) is 13.2. The number of carbonyl (C=O) groups is 2. The van der Waals surface area contributed by atoms with Gasteiger partial charge in [0.25, 0.3) is 0 Å². The minimum Gasteiger partial charge on any atom is -0.394 e. The molecule has 2 N–H and O–H groups in total. The molecule has 37 heavy (non-hydrogen) atoms. The smallest absolute Gasteiger partial charge is 0.321 e. The fourth-order valence-corrected chi connectivity index (χ4v) is 4.64. The van der Waals surface area contributed by atoms with E-state index in [1.54, 1.807) is 27.7 Å². The first kappa shape index (κ1) is 26.6. The SMILES string of the molecule is C[C@@H]1CN([C@H](C)CO)C(=O)CCCn2nncc2CO[C@H]1CN(C)C(=O)Nc1cccc2ccccc12. The molecule has 0 bridgehead atoms. The highest BCUT2D eigenvalue weighted by Gasteiger charge is 2.29. The van der Waals surface area contributed by atoms with Gasteiger partial charge in [-0.2, -0.15) is 0 Å². The minimum atomic E-state index is -0.368. The summed E-state index contributed by atoms with van der Waals surface area (Å²) in [4.78, 5) is 29.5. The zero-order valence-corrected chi connectivity index (χ0v) is 21.7. The van der Waals surface area contributed by atoms with Crippen molar-refractivity contribution in [3.8, 4) is 0 Å². The molecule has 4 rings (SSSR count). The molecule has 2 heterocycles. The molecule has 10 nitrogen and oxygen atoms in total. The second-order valence-corrected chi connectivity index (χ2v) is 9.79. The van der Waals surface area contributed by atoms with Gasteiger partial charge in [-0.25, -0.2) is 9.48 Å².